The SMILES string of the molecule is COc1ccccc1C(=O)NN=C(CC(=O)c1cccs1)C(F)(F)F. The lowest BCUT2D eigenvalue weighted by Gasteiger charge is -2.11. The summed E-state index contributed by atoms with van der Waals surface area (Å²) >= 11 is 1.03. The van der Waals surface area contributed by atoms with Gasteiger partial charge in [0.05, 0.1) is 24.0 Å². The number of Topliss-reactive ketones (excluding diaryl/α,β-unsaturated/α-hetero) is 1. The highest BCUT2D eigenvalue weighted by Gasteiger charge is 2.37. The first kappa shape index (κ1) is 18.7. The third-order valence-electron chi connectivity index (χ3n) is 3.10. The fraction of sp³-hybridized carbons (Fsp3) is 0.188. The number of carbonyl (C=O) groups excluding carboxylic acids is 2. The Balaban J connectivity index is 2.18. The van der Waals surface area contributed by atoms with Crippen LogP contribution in [0.25, 0.3) is 0 Å². The molecule has 2 aromatic rings. The van der Waals surface area contributed by atoms with Crippen molar-refractivity contribution in [3.05, 3.63) is 52.2 Å². The molecule has 1 N–H and O–H groups in total. The molecule has 0 saturated heterocycles. The maximum Gasteiger partial charge on any atom is 0.431 e. The number of amides is 1. The number of carbonyl (C=O) groups is 2. The number of alkyl halides is 3. The van der Waals surface area contributed by atoms with Gasteiger partial charge in [-0.1, -0.05) is 18.2 Å². The van der Waals surface area contributed by atoms with Crippen LogP contribution in [0, 0.1) is 0 Å². The summed E-state index contributed by atoms with van der Waals surface area (Å²) in [5.74, 6) is -1.40. The lowest BCUT2D eigenvalue weighted by atomic mass is 10.1. The Labute approximate surface area is 145 Å². The zero-order valence-electron chi connectivity index (χ0n) is 13.0. The van der Waals surface area contributed by atoms with E-state index in [-0.39, 0.29) is 16.2 Å². The first-order chi connectivity index (χ1) is 11.8. The minimum absolute atomic E-state index is 0.0276. The van der Waals surface area contributed by atoms with Crippen molar-refractivity contribution in [3.63, 3.8) is 0 Å². The molecule has 0 unspecified atom stereocenters. The van der Waals surface area contributed by atoms with Crippen molar-refractivity contribution in [2.24, 2.45) is 5.10 Å². The average molecular weight is 370 g/mol. The number of rotatable bonds is 6. The fourth-order valence-corrected chi connectivity index (χ4v) is 2.55. The van der Waals surface area contributed by atoms with Crippen molar-refractivity contribution >= 4 is 28.7 Å². The Morgan fingerprint density at radius 1 is 1.20 bits per heavy atom. The second kappa shape index (κ2) is 7.93. The van der Waals surface area contributed by atoms with Gasteiger partial charge in [-0.05, 0) is 23.6 Å². The molecule has 9 heteroatoms. The van der Waals surface area contributed by atoms with E-state index < -0.39 is 30.0 Å². The summed E-state index contributed by atoms with van der Waals surface area (Å²) in [7, 11) is 1.33. The number of nitrogens with zero attached hydrogens (tertiary/aromatic N) is 1. The lowest BCUT2D eigenvalue weighted by molar-refractivity contribution is -0.0605. The summed E-state index contributed by atoms with van der Waals surface area (Å²) in [5, 5.41) is 4.70. The van der Waals surface area contributed by atoms with Gasteiger partial charge in [0.2, 0.25) is 0 Å². The van der Waals surface area contributed by atoms with Gasteiger partial charge in [-0.3, -0.25) is 9.59 Å². The maximum atomic E-state index is 13.1. The number of hydrogen-bond acceptors (Lipinski definition) is 5. The largest absolute Gasteiger partial charge is 0.496 e. The van der Waals surface area contributed by atoms with Crippen molar-refractivity contribution in [1.82, 2.24) is 5.43 Å². The van der Waals surface area contributed by atoms with Crippen molar-refractivity contribution in [3.8, 4) is 5.75 Å². The number of nitrogens with one attached hydrogen (secondary N) is 1. The number of ketones is 1. The second-order valence-corrected chi connectivity index (χ2v) is 5.72. The third-order valence-corrected chi connectivity index (χ3v) is 4.01. The van der Waals surface area contributed by atoms with Crippen molar-refractivity contribution in [2.75, 3.05) is 7.11 Å². The molecule has 0 radical (unpaired) electrons. The van der Waals surface area contributed by atoms with E-state index in [1.54, 1.807) is 17.5 Å². The number of ether oxygens (including phenoxy) is 1. The Bertz CT molecular complexity index is 786. The maximum absolute atomic E-state index is 13.1. The van der Waals surface area contributed by atoms with Gasteiger partial charge in [-0.25, -0.2) is 5.43 Å². The fourth-order valence-electron chi connectivity index (χ4n) is 1.89. The standard InChI is InChI=1S/C16H13F3N2O3S/c1-24-12-6-3-2-5-10(12)15(23)21-20-14(16(17,18)19)9-11(22)13-7-4-8-25-13/h2-8H,9H2,1H3,(H,21,23). The highest BCUT2D eigenvalue weighted by atomic mass is 32.1. The number of methoxy groups -OCH3 is 1. The third kappa shape index (κ3) is 4.90. The average Bonchev–Trinajstić information content (AvgIpc) is 3.11. The van der Waals surface area contributed by atoms with E-state index in [9.17, 15) is 22.8 Å². The summed E-state index contributed by atoms with van der Waals surface area (Å²) in [4.78, 5) is 24.1. The number of hydrogen-bond donors (Lipinski definition) is 1. The minimum Gasteiger partial charge on any atom is -0.496 e. The first-order valence-corrected chi connectivity index (χ1v) is 7.84. The summed E-state index contributed by atoms with van der Waals surface area (Å²) < 4.78 is 44.2. The van der Waals surface area contributed by atoms with E-state index in [4.69, 9.17) is 4.74 Å². The van der Waals surface area contributed by atoms with Crippen LogP contribution in [-0.4, -0.2) is 30.7 Å². The molecule has 132 valence electrons. The molecule has 1 aromatic carbocycles. The van der Waals surface area contributed by atoms with Crippen molar-refractivity contribution < 1.29 is 27.5 Å². The molecule has 0 fully saturated rings. The molecule has 0 aliphatic carbocycles. The molecule has 0 saturated carbocycles. The Morgan fingerprint density at radius 2 is 1.92 bits per heavy atom. The van der Waals surface area contributed by atoms with Gasteiger partial charge < -0.3 is 4.74 Å². The van der Waals surface area contributed by atoms with Crippen LogP contribution in [0.4, 0.5) is 13.2 Å². The van der Waals surface area contributed by atoms with E-state index in [1.807, 2.05) is 5.43 Å². The van der Waals surface area contributed by atoms with Crippen LogP contribution in [0.1, 0.15) is 26.5 Å². The van der Waals surface area contributed by atoms with Crippen LogP contribution in [0.5, 0.6) is 5.75 Å². The summed E-state index contributed by atoms with van der Waals surface area (Å²) in [6.45, 7) is 0. The number of benzene rings is 1. The zero-order chi connectivity index (χ0) is 18.4. The summed E-state index contributed by atoms with van der Waals surface area (Å²) in [6.07, 6.45) is -5.81. The number of para-hydroxylation sites is 1. The molecule has 1 heterocycles. The molecule has 1 aromatic heterocycles. The topological polar surface area (TPSA) is 67.8 Å². The predicted molar refractivity (Wildman–Crippen MR) is 87.2 cm³/mol. The van der Waals surface area contributed by atoms with Crippen LogP contribution in [0.3, 0.4) is 0 Å². The molecule has 1 amide bonds. The van der Waals surface area contributed by atoms with Crippen LogP contribution < -0.4 is 10.2 Å². The molecule has 5 nitrogen and oxygen atoms in total. The Hall–Kier alpha value is -2.68. The molecule has 0 bridgehead atoms. The van der Waals surface area contributed by atoms with Gasteiger partial charge in [0.1, 0.15) is 11.5 Å². The monoisotopic (exact) mass is 370 g/mol. The normalized spacial score (nSPS) is 11.9. The molecule has 0 aliphatic rings. The molecule has 0 aliphatic heterocycles. The van der Waals surface area contributed by atoms with Crippen molar-refractivity contribution in [1.29, 1.82) is 0 Å². The quantitative estimate of drug-likeness (QED) is 0.479. The second-order valence-electron chi connectivity index (χ2n) is 4.77. The molecule has 25 heavy (non-hydrogen) atoms. The number of thiophene rings is 1. The number of hydrazone groups is 1. The van der Waals surface area contributed by atoms with E-state index in [2.05, 4.69) is 5.10 Å². The Kier molecular flexibility index (Phi) is 5.92. The first-order valence-electron chi connectivity index (χ1n) is 6.96. The van der Waals surface area contributed by atoms with E-state index >= 15 is 0 Å². The Morgan fingerprint density at radius 3 is 2.52 bits per heavy atom. The van der Waals surface area contributed by atoms with Gasteiger partial charge in [0.15, 0.2) is 5.78 Å². The van der Waals surface area contributed by atoms with Gasteiger partial charge in [-0.2, -0.15) is 18.3 Å². The van der Waals surface area contributed by atoms with Crippen LogP contribution in [0.2, 0.25) is 0 Å². The van der Waals surface area contributed by atoms with E-state index in [0.29, 0.717) is 0 Å². The molecule has 0 spiro atoms. The van der Waals surface area contributed by atoms with Crippen LogP contribution >= 0.6 is 11.3 Å². The van der Waals surface area contributed by atoms with E-state index in [1.165, 1.54) is 31.4 Å². The van der Waals surface area contributed by atoms with Crippen LogP contribution in [0.15, 0.2) is 46.9 Å². The smallest absolute Gasteiger partial charge is 0.431 e. The summed E-state index contributed by atoms with van der Waals surface area (Å²) in [5.41, 5.74) is 0.478. The van der Waals surface area contributed by atoms with Gasteiger partial charge >= 0.3 is 6.18 Å². The zero-order valence-corrected chi connectivity index (χ0v) is 13.8. The number of halogens is 3. The van der Waals surface area contributed by atoms with Gasteiger partial charge in [0, 0.05) is 0 Å². The lowest BCUT2D eigenvalue weighted by Crippen LogP contribution is -2.30. The molecular formula is C16H13F3N2O3S. The van der Waals surface area contributed by atoms with E-state index in [0.717, 1.165) is 11.3 Å². The predicted octanol–water partition coefficient (Wildman–Crippen LogP) is 3.68. The van der Waals surface area contributed by atoms with Crippen molar-refractivity contribution in [2.45, 2.75) is 12.6 Å². The minimum atomic E-state index is -4.85. The highest BCUT2D eigenvalue weighted by molar-refractivity contribution is 7.12. The molecule has 2 rings (SSSR count). The van der Waals surface area contributed by atoms with Crippen LogP contribution in [-0.2, 0) is 0 Å². The highest BCUT2D eigenvalue weighted by Crippen LogP contribution is 2.22. The molecule has 0 atom stereocenters. The van der Waals surface area contributed by atoms with Gasteiger partial charge in [0.25, 0.3) is 5.91 Å². The van der Waals surface area contributed by atoms with Gasteiger partial charge in [-0.15, -0.1) is 11.3 Å². The summed E-state index contributed by atoms with van der Waals surface area (Å²) in [6, 6.07) is 9.00. The molecular weight excluding hydrogens is 357 g/mol.